The second-order valence-electron chi connectivity index (χ2n) is 7.66. The molecule has 0 radical (unpaired) electrons. The maximum atomic E-state index is 12.6. The SMILES string of the molecule is CCCCCCCCn1c(N/N=C(\C)c2ccc(Br)cc2)nc2c1c(=O)[nH]c(=O)n2C. The first-order valence-electron chi connectivity index (χ1n) is 10.7. The number of rotatable bonds is 10. The van der Waals surface area contributed by atoms with Gasteiger partial charge in [0.15, 0.2) is 11.2 Å². The fraction of sp³-hybridized carbons (Fsp3) is 0.455. The number of fused-ring (bicyclic) bond motifs is 1. The molecule has 9 heteroatoms. The summed E-state index contributed by atoms with van der Waals surface area (Å²) in [6, 6.07) is 7.85. The fourth-order valence-electron chi connectivity index (χ4n) is 3.48. The maximum absolute atomic E-state index is 12.6. The van der Waals surface area contributed by atoms with E-state index in [9.17, 15) is 9.59 Å². The molecule has 2 heterocycles. The Morgan fingerprint density at radius 2 is 1.81 bits per heavy atom. The van der Waals surface area contributed by atoms with Crippen molar-refractivity contribution in [2.75, 3.05) is 5.43 Å². The predicted octanol–water partition coefficient (Wildman–Crippen LogP) is 4.38. The number of aromatic nitrogens is 4. The number of imidazole rings is 1. The lowest BCUT2D eigenvalue weighted by atomic mass is 10.1. The Morgan fingerprint density at radius 1 is 1.13 bits per heavy atom. The summed E-state index contributed by atoms with van der Waals surface area (Å²) in [5.74, 6) is 0.451. The Labute approximate surface area is 189 Å². The maximum Gasteiger partial charge on any atom is 0.329 e. The van der Waals surface area contributed by atoms with Crippen molar-refractivity contribution >= 4 is 38.8 Å². The number of benzene rings is 1. The summed E-state index contributed by atoms with van der Waals surface area (Å²) in [5.41, 5.74) is 4.58. The van der Waals surface area contributed by atoms with Gasteiger partial charge in [-0.15, -0.1) is 0 Å². The molecule has 0 saturated carbocycles. The van der Waals surface area contributed by atoms with E-state index < -0.39 is 11.2 Å². The summed E-state index contributed by atoms with van der Waals surface area (Å²) < 4.78 is 4.18. The molecule has 3 aromatic rings. The molecule has 0 aliphatic rings. The standard InChI is InChI=1S/C22H29BrN6O2/c1-4-5-6-7-8-9-14-29-18-19(28(3)22(31)25-20(18)30)24-21(29)27-26-15(2)16-10-12-17(23)13-11-16/h10-13H,4-9,14H2,1-3H3,(H,24,27)(H,25,30,31)/b26-15+. The topological polar surface area (TPSA) is 97.1 Å². The van der Waals surface area contributed by atoms with Gasteiger partial charge < -0.3 is 4.57 Å². The van der Waals surface area contributed by atoms with Crippen LogP contribution in [0.25, 0.3) is 11.2 Å². The number of anilines is 1. The number of halogens is 1. The molecule has 0 spiro atoms. The summed E-state index contributed by atoms with van der Waals surface area (Å²) in [4.78, 5) is 31.5. The van der Waals surface area contributed by atoms with Crippen molar-refractivity contribution in [3.63, 3.8) is 0 Å². The Hall–Kier alpha value is -2.68. The molecule has 8 nitrogen and oxygen atoms in total. The van der Waals surface area contributed by atoms with Crippen LogP contribution in [0.15, 0.2) is 43.4 Å². The van der Waals surface area contributed by atoms with E-state index in [1.165, 1.54) is 30.3 Å². The number of hydrogen-bond donors (Lipinski definition) is 2. The number of H-pyrrole nitrogens is 1. The average molecular weight is 489 g/mol. The van der Waals surface area contributed by atoms with Gasteiger partial charge in [-0.3, -0.25) is 14.3 Å². The number of hydrogen-bond acceptors (Lipinski definition) is 5. The van der Waals surface area contributed by atoms with Gasteiger partial charge in [0.05, 0.1) is 5.71 Å². The van der Waals surface area contributed by atoms with Gasteiger partial charge in [-0.1, -0.05) is 67.1 Å². The first kappa shape index (κ1) is 23.0. The quantitative estimate of drug-likeness (QED) is 0.251. The number of hydrazone groups is 1. The van der Waals surface area contributed by atoms with E-state index >= 15 is 0 Å². The van der Waals surface area contributed by atoms with Crippen molar-refractivity contribution in [3.8, 4) is 0 Å². The monoisotopic (exact) mass is 488 g/mol. The molecule has 2 N–H and O–H groups in total. The van der Waals surface area contributed by atoms with Crippen LogP contribution in [-0.2, 0) is 13.6 Å². The summed E-state index contributed by atoms with van der Waals surface area (Å²) in [6.45, 7) is 4.72. The Morgan fingerprint density at radius 3 is 2.52 bits per heavy atom. The fourth-order valence-corrected chi connectivity index (χ4v) is 3.74. The molecule has 0 aliphatic heterocycles. The van der Waals surface area contributed by atoms with Crippen molar-refractivity contribution in [2.24, 2.45) is 12.1 Å². The van der Waals surface area contributed by atoms with Gasteiger partial charge >= 0.3 is 5.69 Å². The van der Waals surface area contributed by atoms with Crippen molar-refractivity contribution in [2.45, 2.75) is 58.9 Å². The molecule has 1 aromatic carbocycles. The third kappa shape index (κ3) is 5.52. The lowest BCUT2D eigenvalue weighted by molar-refractivity contribution is 0.565. The van der Waals surface area contributed by atoms with Gasteiger partial charge in [0.1, 0.15) is 0 Å². The Bertz CT molecular complexity index is 1170. The van der Waals surface area contributed by atoms with Crippen molar-refractivity contribution < 1.29 is 0 Å². The zero-order valence-electron chi connectivity index (χ0n) is 18.2. The molecule has 0 aliphatic carbocycles. The third-order valence-electron chi connectivity index (χ3n) is 5.33. The van der Waals surface area contributed by atoms with Crippen LogP contribution in [0.1, 0.15) is 57.9 Å². The smallest absolute Gasteiger partial charge is 0.303 e. The van der Waals surface area contributed by atoms with Crippen LogP contribution in [0.4, 0.5) is 5.95 Å². The minimum atomic E-state index is -0.484. The van der Waals surface area contributed by atoms with Crippen LogP contribution in [0.5, 0.6) is 0 Å². The second kappa shape index (κ2) is 10.6. The molecular weight excluding hydrogens is 460 g/mol. The van der Waals surface area contributed by atoms with Crippen LogP contribution in [0.3, 0.4) is 0 Å². The van der Waals surface area contributed by atoms with Crippen LogP contribution in [0, 0.1) is 0 Å². The number of unbranched alkanes of at least 4 members (excludes halogenated alkanes) is 5. The van der Waals surface area contributed by atoms with Crippen molar-refractivity contribution in [3.05, 3.63) is 55.1 Å². The molecule has 0 unspecified atom stereocenters. The molecule has 0 fully saturated rings. The van der Waals surface area contributed by atoms with E-state index in [4.69, 9.17) is 0 Å². The van der Waals surface area contributed by atoms with Crippen LogP contribution < -0.4 is 16.7 Å². The molecule has 0 saturated heterocycles. The van der Waals surface area contributed by atoms with Gasteiger partial charge in [0.2, 0.25) is 5.95 Å². The number of nitrogens with one attached hydrogen (secondary N) is 2. The zero-order valence-corrected chi connectivity index (χ0v) is 19.8. The minimum Gasteiger partial charge on any atom is -0.303 e. The predicted molar refractivity (Wildman–Crippen MR) is 129 cm³/mol. The zero-order chi connectivity index (χ0) is 22.4. The average Bonchev–Trinajstić information content (AvgIpc) is 3.12. The van der Waals surface area contributed by atoms with Gasteiger partial charge in [-0.2, -0.15) is 10.1 Å². The highest BCUT2D eigenvalue weighted by molar-refractivity contribution is 9.10. The second-order valence-corrected chi connectivity index (χ2v) is 8.58. The van der Waals surface area contributed by atoms with E-state index in [2.05, 4.69) is 43.3 Å². The molecule has 2 aromatic heterocycles. The Balaban J connectivity index is 1.89. The van der Waals surface area contributed by atoms with Crippen molar-refractivity contribution in [1.29, 1.82) is 0 Å². The van der Waals surface area contributed by atoms with Crippen LogP contribution in [0.2, 0.25) is 0 Å². The van der Waals surface area contributed by atoms with E-state index in [0.29, 0.717) is 23.7 Å². The number of aromatic amines is 1. The molecule has 3 rings (SSSR count). The first-order valence-corrected chi connectivity index (χ1v) is 11.5. The first-order chi connectivity index (χ1) is 14.9. The van der Waals surface area contributed by atoms with Gasteiger partial charge in [-0.05, 0) is 31.0 Å². The van der Waals surface area contributed by atoms with E-state index in [1.54, 1.807) is 7.05 Å². The normalized spacial score (nSPS) is 11.9. The molecule has 166 valence electrons. The number of nitrogens with zero attached hydrogens (tertiary/aromatic N) is 4. The van der Waals surface area contributed by atoms with Gasteiger partial charge in [-0.25, -0.2) is 10.2 Å². The van der Waals surface area contributed by atoms with Crippen molar-refractivity contribution in [1.82, 2.24) is 19.1 Å². The van der Waals surface area contributed by atoms with E-state index in [0.717, 1.165) is 28.6 Å². The summed E-state index contributed by atoms with van der Waals surface area (Å²) >= 11 is 3.43. The minimum absolute atomic E-state index is 0.346. The van der Waals surface area contributed by atoms with Gasteiger partial charge in [0, 0.05) is 18.1 Å². The largest absolute Gasteiger partial charge is 0.329 e. The summed E-state index contributed by atoms with van der Waals surface area (Å²) in [5, 5.41) is 4.47. The summed E-state index contributed by atoms with van der Waals surface area (Å²) in [7, 11) is 1.60. The highest BCUT2D eigenvalue weighted by atomic mass is 79.9. The lowest BCUT2D eigenvalue weighted by Crippen LogP contribution is -2.29. The molecule has 0 amide bonds. The summed E-state index contributed by atoms with van der Waals surface area (Å²) in [6.07, 6.45) is 6.83. The molecule has 31 heavy (non-hydrogen) atoms. The van der Waals surface area contributed by atoms with Crippen LogP contribution >= 0.6 is 15.9 Å². The molecule has 0 atom stereocenters. The Kier molecular flexibility index (Phi) is 7.84. The van der Waals surface area contributed by atoms with E-state index in [-0.39, 0.29) is 0 Å². The lowest BCUT2D eigenvalue weighted by Gasteiger charge is -2.09. The third-order valence-corrected chi connectivity index (χ3v) is 5.86. The highest BCUT2D eigenvalue weighted by Gasteiger charge is 2.17. The molecular formula is C22H29BrN6O2. The van der Waals surface area contributed by atoms with Crippen LogP contribution in [-0.4, -0.2) is 24.8 Å². The molecule has 0 bridgehead atoms. The van der Waals surface area contributed by atoms with Gasteiger partial charge in [0.25, 0.3) is 5.56 Å². The highest BCUT2D eigenvalue weighted by Crippen LogP contribution is 2.18. The number of aryl methyl sites for hydroxylation is 2. The van der Waals surface area contributed by atoms with E-state index in [1.807, 2.05) is 35.8 Å².